The first-order valence-electron chi connectivity index (χ1n) is 7.07. The maximum Gasteiger partial charge on any atom is -0.00189 e. The van der Waals surface area contributed by atoms with E-state index in [0.29, 0.717) is 0 Å². The van der Waals surface area contributed by atoms with E-state index >= 15 is 0 Å². The van der Waals surface area contributed by atoms with Crippen LogP contribution in [0.2, 0.25) is 0 Å². The maximum absolute atomic E-state index is 2.62. The van der Waals surface area contributed by atoms with Crippen LogP contribution >= 0.6 is 0 Å². The van der Waals surface area contributed by atoms with Crippen molar-refractivity contribution in [2.45, 2.75) is 72.1 Å². The molecule has 0 atom stereocenters. The van der Waals surface area contributed by atoms with Gasteiger partial charge >= 0.3 is 0 Å². The minimum absolute atomic E-state index is 1.23. The first-order valence-corrected chi connectivity index (χ1v) is 7.07. The molecule has 15 heavy (non-hydrogen) atoms. The Hall–Kier alpha value is -0.0400. The molecule has 1 nitrogen and oxygen atoms in total. The average molecular weight is 213 g/mol. The monoisotopic (exact) mass is 213 g/mol. The molecule has 0 amide bonds. The third-order valence-electron chi connectivity index (χ3n) is 3.10. The Morgan fingerprint density at radius 2 is 1.07 bits per heavy atom. The van der Waals surface area contributed by atoms with Crippen LogP contribution in [-0.2, 0) is 0 Å². The lowest BCUT2D eigenvalue weighted by molar-refractivity contribution is 0.274. The zero-order chi connectivity index (χ0) is 11.4. The molecule has 0 aliphatic rings. The van der Waals surface area contributed by atoms with Crippen molar-refractivity contribution in [3.63, 3.8) is 0 Å². The summed E-state index contributed by atoms with van der Waals surface area (Å²) in [5.41, 5.74) is 0. The van der Waals surface area contributed by atoms with Crippen molar-refractivity contribution < 1.29 is 0 Å². The van der Waals surface area contributed by atoms with E-state index in [4.69, 9.17) is 0 Å². The number of hydrogen-bond donors (Lipinski definition) is 0. The molecule has 0 aliphatic carbocycles. The summed E-state index contributed by atoms with van der Waals surface area (Å²) in [6, 6.07) is 0. The van der Waals surface area contributed by atoms with Gasteiger partial charge in [0.2, 0.25) is 0 Å². The Balaban J connectivity index is 3.29. The fourth-order valence-electron chi connectivity index (χ4n) is 1.95. The van der Waals surface area contributed by atoms with Crippen LogP contribution in [0.4, 0.5) is 0 Å². The number of unbranched alkanes of at least 4 members (excludes halogenated alkanes) is 6. The van der Waals surface area contributed by atoms with E-state index in [1.165, 1.54) is 71.0 Å². The van der Waals surface area contributed by atoms with Gasteiger partial charge in [0.25, 0.3) is 0 Å². The Morgan fingerprint density at radius 1 is 0.600 bits per heavy atom. The highest BCUT2D eigenvalue weighted by molar-refractivity contribution is 4.56. The number of nitrogens with zero attached hydrogens (tertiary/aromatic N) is 1. The molecule has 0 saturated heterocycles. The van der Waals surface area contributed by atoms with Crippen LogP contribution in [-0.4, -0.2) is 24.5 Å². The standard InChI is InChI=1S/C14H31N/c1-4-7-9-11-13-15(6-3)14-12-10-8-5-2/h4-14H2,1-3H3. The van der Waals surface area contributed by atoms with Gasteiger partial charge in [-0.2, -0.15) is 0 Å². The predicted molar refractivity (Wildman–Crippen MR) is 70.4 cm³/mol. The first-order chi connectivity index (χ1) is 7.35. The molecule has 0 aromatic heterocycles. The van der Waals surface area contributed by atoms with Crippen LogP contribution in [0.3, 0.4) is 0 Å². The summed E-state index contributed by atoms with van der Waals surface area (Å²) < 4.78 is 0. The van der Waals surface area contributed by atoms with Crippen LogP contribution in [0.5, 0.6) is 0 Å². The van der Waals surface area contributed by atoms with Crippen molar-refractivity contribution in [2.24, 2.45) is 0 Å². The average Bonchev–Trinajstić information content (AvgIpc) is 2.27. The summed E-state index contributed by atoms with van der Waals surface area (Å²) in [5.74, 6) is 0. The molecule has 0 spiro atoms. The highest BCUT2D eigenvalue weighted by Gasteiger charge is 2.00. The molecule has 0 radical (unpaired) electrons. The fourth-order valence-corrected chi connectivity index (χ4v) is 1.95. The molecule has 0 rings (SSSR count). The quantitative estimate of drug-likeness (QED) is 0.458. The van der Waals surface area contributed by atoms with Gasteiger partial charge in [0, 0.05) is 0 Å². The van der Waals surface area contributed by atoms with E-state index in [1.807, 2.05) is 0 Å². The molecular weight excluding hydrogens is 182 g/mol. The van der Waals surface area contributed by atoms with Gasteiger partial charge in [0.05, 0.1) is 0 Å². The highest BCUT2D eigenvalue weighted by atomic mass is 15.1. The highest BCUT2D eigenvalue weighted by Crippen LogP contribution is 2.04. The van der Waals surface area contributed by atoms with E-state index in [1.54, 1.807) is 0 Å². The molecule has 0 aromatic carbocycles. The molecule has 0 aromatic rings. The van der Waals surface area contributed by atoms with Crippen LogP contribution in [0, 0.1) is 0 Å². The molecule has 0 bridgehead atoms. The lowest BCUT2D eigenvalue weighted by atomic mass is 10.1. The van der Waals surface area contributed by atoms with E-state index in [2.05, 4.69) is 25.7 Å². The largest absolute Gasteiger partial charge is 0.304 e. The van der Waals surface area contributed by atoms with Crippen molar-refractivity contribution in [1.29, 1.82) is 0 Å². The first kappa shape index (κ1) is 15.0. The molecule has 0 fully saturated rings. The number of hydrogen-bond acceptors (Lipinski definition) is 1. The smallest absolute Gasteiger partial charge is 0.00189 e. The van der Waals surface area contributed by atoms with Gasteiger partial charge in [0.15, 0.2) is 0 Å². The van der Waals surface area contributed by atoms with E-state index in [9.17, 15) is 0 Å². The summed E-state index contributed by atoms with van der Waals surface area (Å²) >= 11 is 0. The van der Waals surface area contributed by atoms with E-state index in [0.717, 1.165) is 0 Å². The van der Waals surface area contributed by atoms with Crippen LogP contribution < -0.4 is 0 Å². The van der Waals surface area contributed by atoms with Crippen molar-refractivity contribution >= 4 is 0 Å². The van der Waals surface area contributed by atoms with Crippen molar-refractivity contribution in [1.82, 2.24) is 4.90 Å². The Kier molecular flexibility index (Phi) is 12.0. The SMILES string of the molecule is CCCCCCN(CC)CCCCCC. The van der Waals surface area contributed by atoms with Gasteiger partial charge in [-0.05, 0) is 32.5 Å². The van der Waals surface area contributed by atoms with Gasteiger partial charge < -0.3 is 4.90 Å². The van der Waals surface area contributed by atoms with Gasteiger partial charge in [-0.25, -0.2) is 0 Å². The van der Waals surface area contributed by atoms with Crippen LogP contribution in [0.15, 0.2) is 0 Å². The Labute approximate surface area is 97.2 Å². The summed E-state index contributed by atoms with van der Waals surface area (Å²) in [5, 5.41) is 0. The third kappa shape index (κ3) is 10.2. The van der Waals surface area contributed by atoms with E-state index < -0.39 is 0 Å². The van der Waals surface area contributed by atoms with Gasteiger partial charge in [0.1, 0.15) is 0 Å². The summed E-state index contributed by atoms with van der Waals surface area (Å²) in [4.78, 5) is 2.62. The van der Waals surface area contributed by atoms with Crippen molar-refractivity contribution in [3.05, 3.63) is 0 Å². The maximum atomic E-state index is 2.62. The van der Waals surface area contributed by atoms with Gasteiger partial charge in [-0.3, -0.25) is 0 Å². The summed E-state index contributed by atoms with van der Waals surface area (Å²) in [6.45, 7) is 10.7. The molecular formula is C14H31N. The topological polar surface area (TPSA) is 3.24 Å². The second kappa shape index (κ2) is 12.0. The third-order valence-corrected chi connectivity index (χ3v) is 3.10. The Bertz CT molecular complexity index is 99.9. The lowest BCUT2D eigenvalue weighted by Gasteiger charge is -2.20. The molecule has 0 heterocycles. The lowest BCUT2D eigenvalue weighted by Crippen LogP contribution is -2.25. The normalized spacial score (nSPS) is 11.2. The van der Waals surface area contributed by atoms with Crippen molar-refractivity contribution in [3.8, 4) is 0 Å². The molecule has 0 saturated carbocycles. The van der Waals surface area contributed by atoms with E-state index in [-0.39, 0.29) is 0 Å². The minimum atomic E-state index is 1.23. The molecule has 0 N–H and O–H groups in total. The van der Waals surface area contributed by atoms with Gasteiger partial charge in [-0.15, -0.1) is 0 Å². The summed E-state index contributed by atoms with van der Waals surface area (Å²) in [7, 11) is 0. The minimum Gasteiger partial charge on any atom is -0.304 e. The zero-order valence-electron chi connectivity index (χ0n) is 11.2. The second-order valence-electron chi connectivity index (χ2n) is 4.56. The predicted octanol–water partition coefficient (Wildman–Crippen LogP) is 4.47. The van der Waals surface area contributed by atoms with Crippen LogP contribution in [0.25, 0.3) is 0 Å². The van der Waals surface area contributed by atoms with Crippen molar-refractivity contribution in [2.75, 3.05) is 19.6 Å². The fraction of sp³-hybridized carbons (Fsp3) is 1.00. The second-order valence-corrected chi connectivity index (χ2v) is 4.56. The van der Waals surface area contributed by atoms with Crippen LogP contribution in [0.1, 0.15) is 72.1 Å². The molecule has 92 valence electrons. The molecule has 0 aliphatic heterocycles. The Morgan fingerprint density at radius 3 is 1.40 bits per heavy atom. The zero-order valence-corrected chi connectivity index (χ0v) is 11.2. The van der Waals surface area contributed by atoms with Gasteiger partial charge in [-0.1, -0.05) is 59.3 Å². The molecule has 1 heteroatoms. The molecule has 0 unspecified atom stereocenters. The number of rotatable bonds is 11. The summed E-state index contributed by atoms with van der Waals surface area (Å²) in [6.07, 6.45) is 11.2.